The minimum atomic E-state index is -1.13. The van der Waals surface area contributed by atoms with E-state index in [1.807, 2.05) is 24.3 Å². The Morgan fingerprint density at radius 1 is 1.10 bits per heavy atom. The Hall–Kier alpha value is -2.34. The maximum Gasteiger partial charge on any atom is 0.305 e. The Morgan fingerprint density at radius 2 is 1.74 bits per heavy atom. The van der Waals surface area contributed by atoms with Crippen molar-refractivity contribution >= 4 is 22.9 Å². The number of benzene rings is 2. The van der Waals surface area contributed by atoms with Crippen LogP contribution in [0.4, 0.5) is 4.39 Å². The largest absolute Gasteiger partial charge is 0.481 e. The molecule has 7 heteroatoms. The molecule has 5 nitrogen and oxygen atoms in total. The average Bonchev–Trinajstić information content (AvgIpc) is 3.00. The molecule has 0 aliphatic carbocycles. The Balaban J connectivity index is 0.00000341. The van der Waals surface area contributed by atoms with Gasteiger partial charge in [-0.3, -0.25) is 4.79 Å². The third-order valence-corrected chi connectivity index (χ3v) is 5.00. The summed E-state index contributed by atoms with van der Waals surface area (Å²) in [6.45, 7) is 4.12. The van der Waals surface area contributed by atoms with Crippen molar-refractivity contribution in [2.45, 2.75) is 44.9 Å². The van der Waals surface area contributed by atoms with Crippen molar-refractivity contribution in [3.63, 3.8) is 0 Å². The van der Waals surface area contributed by atoms with Gasteiger partial charge in [-0.1, -0.05) is 36.4 Å². The summed E-state index contributed by atoms with van der Waals surface area (Å²) in [5, 5.41) is 29.9. The van der Waals surface area contributed by atoms with E-state index in [2.05, 4.69) is 18.4 Å². The van der Waals surface area contributed by atoms with E-state index in [1.165, 1.54) is 12.1 Å². The number of para-hydroxylation sites is 1. The smallest absolute Gasteiger partial charge is 0.305 e. The maximum atomic E-state index is 13.5. The first-order valence-electron chi connectivity index (χ1n) is 9.93. The molecule has 2 aromatic carbocycles. The van der Waals surface area contributed by atoms with Crippen molar-refractivity contribution in [3.8, 4) is 11.1 Å². The molecule has 160 valence electrons. The predicted molar refractivity (Wildman–Crippen MR) is 116 cm³/mol. The van der Waals surface area contributed by atoms with E-state index in [9.17, 15) is 19.4 Å². The zero-order chi connectivity index (χ0) is 21.8. The van der Waals surface area contributed by atoms with Gasteiger partial charge in [0.05, 0.1) is 18.6 Å². The molecule has 3 aromatic rings. The summed E-state index contributed by atoms with van der Waals surface area (Å²) < 4.78 is 15.6. The summed E-state index contributed by atoms with van der Waals surface area (Å²) in [5.74, 6) is -1.43. The third kappa shape index (κ3) is 5.88. The van der Waals surface area contributed by atoms with Crippen LogP contribution in [0.5, 0.6) is 0 Å². The van der Waals surface area contributed by atoms with Crippen LogP contribution in [0.1, 0.15) is 38.4 Å². The molecule has 31 heavy (non-hydrogen) atoms. The standard InChI is InChI=1S/C24H26FNO4.Zn/c1-15(2)26-21-6-4-3-5-20(21)24(16-7-9-17(25)10-8-16)22(26)12-11-18(27)13-19(28)14-23(29)30;/h3-12,15,18-19,27-28H,13-14H2,1-2H3,(H,29,30);/b12-11+;. The molecule has 0 saturated carbocycles. The molecular formula is C24H26FNO4Zn. The van der Waals surface area contributed by atoms with E-state index < -0.39 is 24.6 Å². The summed E-state index contributed by atoms with van der Waals surface area (Å²) in [4.78, 5) is 10.7. The van der Waals surface area contributed by atoms with Crippen LogP contribution in [-0.4, -0.2) is 38.1 Å². The molecule has 0 spiro atoms. The minimum absolute atomic E-state index is 0. The number of hydrogen-bond acceptors (Lipinski definition) is 3. The van der Waals surface area contributed by atoms with Crippen molar-refractivity contribution in [2.24, 2.45) is 0 Å². The molecule has 0 saturated heterocycles. The zero-order valence-electron chi connectivity index (χ0n) is 17.7. The van der Waals surface area contributed by atoms with Crippen LogP contribution in [-0.2, 0) is 24.3 Å². The molecule has 0 aliphatic rings. The van der Waals surface area contributed by atoms with Crippen LogP contribution in [0.2, 0.25) is 0 Å². The van der Waals surface area contributed by atoms with Gasteiger partial charge < -0.3 is 19.9 Å². The molecule has 0 amide bonds. The van der Waals surface area contributed by atoms with Gasteiger partial charge in [0.25, 0.3) is 0 Å². The first kappa shape index (κ1) is 24.9. The quantitative estimate of drug-likeness (QED) is 0.414. The van der Waals surface area contributed by atoms with Crippen molar-refractivity contribution in [1.29, 1.82) is 0 Å². The fraction of sp³-hybridized carbons (Fsp3) is 0.292. The van der Waals surface area contributed by atoms with Gasteiger partial charge in [0.15, 0.2) is 0 Å². The number of aromatic nitrogens is 1. The normalized spacial score (nSPS) is 13.5. The van der Waals surface area contributed by atoms with Gasteiger partial charge in [0.1, 0.15) is 5.82 Å². The van der Waals surface area contributed by atoms with Crippen LogP contribution in [0, 0.1) is 5.82 Å². The number of carbonyl (C=O) groups is 1. The van der Waals surface area contributed by atoms with Crippen LogP contribution in [0.25, 0.3) is 28.1 Å². The number of halogens is 1. The Bertz CT molecular complexity index is 1060. The molecule has 1 heterocycles. The van der Waals surface area contributed by atoms with Gasteiger partial charge in [0, 0.05) is 54.1 Å². The summed E-state index contributed by atoms with van der Waals surface area (Å²) in [6.07, 6.45) is 0.727. The molecule has 0 bridgehead atoms. The van der Waals surface area contributed by atoms with Crippen LogP contribution in [0.15, 0.2) is 54.6 Å². The van der Waals surface area contributed by atoms with Crippen molar-refractivity contribution in [3.05, 3.63) is 66.1 Å². The molecule has 2 atom stereocenters. The van der Waals surface area contributed by atoms with Gasteiger partial charge in [-0.05, 0) is 43.7 Å². The molecule has 1 aromatic heterocycles. The fourth-order valence-corrected chi connectivity index (χ4v) is 3.77. The number of aliphatic hydroxyl groups is 2. The third-order valence-electron chi connectivity index (χ3n) is 5.00. The van der Waals surface area contributed by atoms with Gasteiger partial charge in [-0.2, -0.15) is 0 Å². The second-order valence-electron chi connectivity index (χ2n) is 7.66. The maximum absolute atomic E-state index is 13.5. The molecule has 0 aliphatic heterocycles. The predicted octanol–water partition coefficient (Wildman–Crippen LogP) is 4.63. The summed E-state index contributed by atoms with van der Waals surface area (Å²) in [5.41, 5.74) is 3.65. The number of aliphatic hydroxyl groups excluding tert-OH is 2. The second-order valence-corrected chi connectivity index (χ2v) is 7.66. The van der Waals surface area contributed by atoms with E-state index in [1.54, 1.807) is 24.3 Å². The zero-order valence-corrected chi connectivity index (χ0v) is 20.7. The number of nitrogens with zero attached hydrogens (tertiary/aromatic N) is 1. The minimum Gasteiger partial charge on any atom is -0.481 e. The van der Waals surface area contributed by atoms with Crippen LogP contribution < -0.4 is 0 Å². The first-order chi connectivity index (χ1) is 14.3. The Morgan fingerprint density at radius 3 is 2.35 bits per heavy atom. The number of carboxylic acid groups (broad SMARTS) is 1. The van der Waals surface area contributed by atoms with Crippen molar-refractivity contribution in [1.82, 2.24) is 4.57 Å². The molecular weight excluding hydrogens is 451 g/mol. The fourth-order valence-electron chi connectivity index (χ4n) is 3.77. The van der Waals surface area contributed by atoms with Gasteiger partial charge in [-0.25, -0.2) is 4.39 Å². The number of fused-ring (bicyclic) bond motifs is 1. The Kier molecular flexibility index (Phi) is 8.69. The summed E-state index contributed by atoms with van der Waals surface area (Å²) >= 11 is 0. The van der Waals surface area contributed by atoms with E-state index in [4.69, 9.17) is 5.11 Å². The molecule has 0 radical (unpaired) electrons. The molecule has 3 N–H and O–H groups in total. The first-order valence-corrected chi connectivity index (χ1v) is 9.93. The van der Waals surface area contributed by atoms with E-state index in [0.717, 1.165) is 27.7 Å². The Labute approximate surface area is 193 Å². The second kappa shape index (κ2) is 10.8. The number of hydrogen-bond donors (Lipinski definition) is 3. The SMILES string of the molecule is CC(C)n1c(/C=C/C(O)CC(O)CC(=O)O)c(-c2ccc(F)cc2)c2ccccc21.[Zn]. The number of rotatable bonds is 8. The van der Waals surface area contributed by atoms with E-state index >= 15 is 0 Å². The van der Waals surface area contributed by atoms with Crippen LogP contribution in [0.3, 0.4) is 0 Å². The number of carboxylic acids is 1. The average molecular weight is 477 g/mol. The topological polar surface area (TPSA) is 82.7 Å². The van der Waals surface area contributed by atoms with Crippen molar-refractivity contribution < 1.29 is 44.0 Å². The molecule has 3 rings (SSSR count). The van der Waals surface area contributed by atoms with E-state index in [0.29, 0.717) is 0 Å². The molecule has 2 unspecified atom stereocenters. The summed E-state index contributed by atoms with van der Waals surface area (Å²) in [6, 6.07) is 14.4. The van der Waals surface area contributed by atoms with E-state index in [-0.39, 0.29) is 37.8 Å². The van der Waals surface area contributed by atoms with Gasteiger partial charge in [-0.15, -0.1) is 0 Å². The van der Waals surface area contributed by atoms with Crippen LogP contribution >= 0.6 is 0 Å². The van der Waals surface area contributed by atoms with Gasteiger partial charge in [0.2, 0.25) is 0 Å². The number of aliphatic carboxylic acids is 1. The monoisotopic (exact) mass is 475 g/mol. The van der Waals surface area contributed by atoms with Crippen molar-refractivity contribution in [2.75, 3.05) is 0 Å². The van der Waals surface area contributed by atoms with Gasteiger partial charge >= 0.3 is 5.97 Å². The molecule has 0 fully saturated rings. The summed E-state index contributed by atoms with van der Waals surface area (Å²) in [7, 11) is 0.